The first-order valence-corrected chi connectivity index (χ1v) is 15.2. The Balaban J connectivity index is 1.87. The van der Waals surface area contributed by atoms with E-state index in [1.807, 2.05) is 0 Å². The van der Waals surface area contributed by atoms with Crippen LogP contribution in [0.1, 0.15) is 29.7 Å². The van der Waals surface area contributed by atoms with Gasteiger partial charge in [-0.3, -0.25) is 4.79 Å². The third-order valence-corrected chi connectivity index (χ3v) is 9.37. The summed E-state index contributed by atoms with van der Waals surface area (Å²) in [5.41, 5.74) is -2.08. The van der Waals surface area contributed by atoms with Crippen molar-refractivity contribution < 1.29 is 37.7 Å². The van der Waals surface area contributed by atoms with E-state index in [4.69, 9.17) is 23.2 Å². The van der Waals surface area contributed by atoms with Gasteiger partial charge in [0.25, 0.3) is 0 Å². The molecule has 0 atom stereocenters. The standard InChI is InChI=1S/C22H18Cl2F5N5O4S2/c1-31-39(37,38)13-4-2-12(3-5-13)11-32-20-18(22(6-7-22)21(35)36)17(10-30)33-34(20)19-15(23)8-14(9-16(19)24)40(25,26,27,28)29/h2-5,8-9,31-32H,6-7,11H2,1H3,(H,35,36). The third-order valence-electron chi connectivity index (χ3n) is 6.24. The number of aliphatic carboxylic acids is 1. The predicted molar refractivity (Wildman–Crippen MR) is 138 cm³/mol. The van der Waals surface area contributed by atoms with Crippen LogP contribution in [0, 0.1) is 11.3 Å². The topological polar surface area (TPSA) is 137 Å². The molecule has 1 aliphatic rings. The van der Waals surface area contributed by atoms with E-state index >= 15 is 0 Å². The van der Waals surface area contributed by atoms with E-state index in [1.54, 1.807) is 6.07 Å². The number of nitrogens with zero attached hydrogens (tertiary/aromatic N) is 3. The summed E-state index contributed by atoms with van der Waals surface area (Å²) in [4.78, 5) is 9.76. The van der Waals surface area contributed by atoms with Crippen molar-refractivity contribution in [2.24, 2.45) is 0 Å². The molecule has 0 amide bonds. The highest BCUT2D eigenvalue weighted by Gasteiger charge is 2.65. The maximum Gasteiger partial charge on any atom is 0.314 e. The first kappa shape index (κ1) is 29.9. The van der Waals surface area contributed by atoms with Gasteiger partial charge in [-0.05, 0) is 49.7 Å². The Bertz CT molecular complexity index is 1680. The smallest absolute Gasteiger partial charge is 0.314 e. The number of hydrogen-bond donors (Lipinski definition) is 3. The normalized spacial score (nSPS) is 16.5. The Labute approximate surface area is 234 Å². The Morgan fingerprint density at radius 1 is 1.15 bits per heavy atom. The lowest BCUT2D eigenvalue weighted by atomic mass is 9.95. The molecule has 1 aliphatic carbocycles. The molecule has 0 unspecified atom stereocenters. The fourth-order valence-electron chi connectivity index (χ4n) is 4.03. The summed E-state index contributed by atoms with van der Waals surface area (Å²) in [6.07, 6.45) is 0.219. The fraction of sp³-hybridized carbons (Fsp3) is 0.227. The van der Waals surface area contributed by atoms with E-state index in [1.165, 1.54) is 31.3 Å². The van der Waals surface area contributed by atoms with E-state index in [0.29, 0.717) is 5.56 Å². The maximum absolute atomic E-state index is 13.4. The summed E-state index contributed by atoms with van der Waals surface area (Å²) in [5, 5.41) is 24.7. The largest absolute Gasteiger partial charge is 0.481 e. The van der Waals surface area contributed by atoms with Crippen LogP contribution in [0.3, 0.4) is 0 Å². The molecule has 0 aliphatic heterocycles. The zero-order chi connectivity index (χ0) is 30.0. The van der Waals surface area contributed by atoms with Crippen LogP contribution < -0.4 is 10.0 Å². The van der Waals surface area contributed by atoms with E-state index in [0.717, 1.165) is 4.68 Å². The fourth-order valence-corrected chi connectivity index (χ4v) is 6.22. The molecule has 40 heavy (non-hydrogen) atoms. The SMILES string of the molecule is CNS(=O)(=O)c1ccc(CNc2c(C3(C(=O)O)CC3)c(C#N)nn2-c2c(Cl)cc(S(F)(F)(F)(F)F)cc2Cl)cc1. The molecule has 18 heteroatoms. The van der Waals surface area contributed by atoms with Gasteiger partial charge in [0.2, 0.25) is 10.0 Å². The zero-order valence-corrected chi connectivity index (χ0v) is 23.2. The minimum absolute atomic E-state index is 0.0213. The number of halogens is 7. The van der Waals surface area contributed by atoms with E-state index < -0.39 is 58.0 Å². The first-order valence-electron chi connectivity index (χ1n) is 11.0. The minimum atomic E-state index is -10.2. The van der Waals surface area contributed by atoms with Crippen LogP contribution in [0.15, 0.2) is 46.2 Å². The third kappa shape index (κ3) is 5.44. The van der Waals surface area contributed by atoms with Gasteiger partial charge < -0.3 is 10.4 Å². The van der Waals surface area contributed by atoms with Gasteiger partial charge in [-0.25, -0.2) is 17.8 Å². The number of hydrogen-bond acceptors (Lipinski definition) is 6. The van der Waals surface area contributed by atoms with Crippen LogP contribution in [0.4, 0.5) is 25.2 Å². The predicted octanol–water partition coefficient (Wildman–Crippen LogP) is 6.34. The number of carbonyl (C=O) groups is 1. The average Bonchev–Trinajstić information content (AvgIpc) is 3.57. The second-order valence-corrected chi connectivity index (χ2v) is 14.0. The van der Waals surface area contributed by atoms with Gasteiger partial charge in [0.05, 0.1) is 25.9 Å². The van der Waals surface area contributed by atoms with Crippen molar-refractivity contribution in [3.8, 4) is 11.8 Å². The summed E-state index contributed by atoms with van der Waals surface area (Å²) in [6, 6.07) is 7.19. The second kappa shape index (κ2) is 8.95. The molecule has 0 spiro atoms. The zero-order valence-electron chi connectivity index (χ0n) is 20.1. The molecule has 2 aromatic carbocycles. The molecular formula is C22H18Cl2F5N5O4S2. The lowest BCUT2D eigenvalue weighted by Gasteiger charge is -2.40. The van der Waals surface area contributed by atoms with Gasteiger partial charge >= 0.3 is 16.2 Å². The van der Waals surface area contributed by atoms with Crippen LogP contribution in [0.5, 0.6) is 0 Å². The van der Waals surface area contributed by atoms with Crippen LogP contribution in [0.2, 0.25) is 10.0 Å². The lowest BCUT2D eigenvalue weighted by Crippen LogP contribution is -2.22. The van der Waals surface area contributed by atoms with Crippen molar-refractivity contribution in [1.82, 2.24) is 14.5 Å². The Hall–Kier alpha value is -3.10. The maximum atomic E-state index is 13.4. The number of nitriles is 1. The van der Waals surface area contributed by atoms with Crippen molar-refractivity contribution in [3.05, 3.63) is 63.3 Å². The average molecular weight is 646 g/mol. The summed E-state index contributed by atoms with van der Waals surface area (Å²) in [5.74, 6) is -1.46. The molecule has 0 radical (unpaired) electrons. The Morgan fingerprint density at radius 3 is 2.12 bits per heavy atom. The van der Waals surface area contributed by atoms with Crippen molar-refractivity contribution >= 4 is 55.2 Å². The minimum Gasteiger partial charge on any atom is -0.481 e. The molecule has 1 fully saturated rings. The number of rotatable bonds is 9. The van der Waals surface area contributed by atoms with Gasteiger partial charge in [0.15, 0.2) is 5.69 Å². The highest BCUT2D eigenvalue weighted by molar-refractivity contribution is 8.45. The van der Waals surface area contributed by atoms with Crippen molar-refractivity contribution in [3.63, 3.8) is 0 Å². The van der Waals surface area contributed by atoms with E-state index in [-0.39, 0.29) is 47.8 Å². The molecule has 216 valence electrons. The van der Waals surface area contributed by atoms with E-state index in [2.05, 4.69) is 15.1 Å². The van der Waals surface area contributed by atoms with Crippen LogP contribution >= 0.6 is 33.4 Å². The molecule has 4 rings (SSSR count). The molecule has 9 nitrogen and oxygen atoms in total. The second-order valence-electron chi connectivity index (χ2n) is 8.89. The number of aromatic nitrogens is 2. The Kier molecular flexibility index (Phi) is 6.68. The van der Waals surface area contributed by atoms with Crippen LogP contribution in [-0.2, 0) is 26.8 Å². The van der Waals surface area contributed by atoms with Crippen molar-refractivity contribution in [2.75, 3.05) is 12.4 Å². The number of sulfonamides is 1. The molecule has 1 saturated carbocycles. The first-order chi connectivity index (χ1) is 18.2. The molecule has 0 saturated heterocycles. The summed E-state index contributed by atoms with van der Waals surface area (Å²) in [6.45, 7) is -0.113. The van der Waals surface area contributed by atoms with Crippen LogP contribution in [0.25, 0.3) is 5.69 Å². The summed E-state index contributed by atoms with van der Waals surface area (Å²) >= 11 is 12.0. The molecule has 1 aromatic heterocycles. The van der Waals surface area contributed by atoms with Gasteiger partial charge in [0.1, 0.15) is 22.5 Å². The molecular weight excluding hydrogens is 628 g/mol. The van der Waals surface area contributed by atoms with Crippen molar-refractivity contribution in [2.45, 2.75) is 34.6 Å². The van der Waals surface area contributed by atoms with Crippen molar-refractivity contribution in [1.29, 1.82) is 5.26 Å². The number of benzene rings is 2. The summed E-state index contributed by atoms with van der Waals surface area (Å²) in [7, 11) is -12.7. The Morgan fingerprint density at radius 2 is 1.70 bits per heavy atom. The van der Waals surface area contributed by atoms with E-state index in [9.17, 15) is 43.0 Å². The number of anilines is 1. The summed E-state index contributed by atoms with van der Waals surface area (Å²) < 4.78 is 94.1. The monoisotopic (exact) mass is 645 g/mol. The molecule has 3 aromatic rings. The highest BCUT2D eigenvalue weighted by Crippen LogP contribution is 3.02. The lowest BCUT2D eigenvalue weighted by molar-refractivity contribution is -0.140. The highest BCUT2D eigenvalue weighted by atomic mass is 35.5. The van der Waals surface area contributed by atoms with Gasteiger partial charge in [-0.15, -0.1) is 0 Å². The van der Waals surface area contributed by atoms with Crippen LogP contribution in [-0.4, -0.2) is 36.3 Å². The number of nitrogens with one attached hydrogen (secondary N) is 2. The van der Waals surface area contributed by atoms with Gasteiger partial charge in [0, 0.05) is 6.54 Å². The molecule has 1 heterocycles. The van der Waals surface area contributed by atoms with Gasteiger partial charge in [-0.2, -0.15) is 10.4 Å². The quantitative estimate of drug-likeness (QED) is 0.231. The van der Waals surface area contributed by atoms with Gasteiger partial charge in [-0.1, -0.05) is 54.8 Å². The number of carboxylic acids is 1. The molecule has 0 bridgehead atoms. The number of carboxylic acid groups (broad SMARTS) is 1. The molecule has 3 N–H and O–H groups in total.